The van der Waals surface area contributed by atoms with Gasteiger partial charge in [0.1, 0.15) is 12.4 Å². The first-order valence-electron chi connectivity index (χ1n) is 5.99. The van der Waals surface area contributed by atoms with Crippen LogP contribution in [0.1, 0.15) is 10.4 Å². The van der Waals surface area contributed by atoms with E-state index in [4.69, 9.17) is 4.74 Å². The Morgan fingerprint density at radius 3 is 2.58 bits per heavy atom. The summed E-state index contributed by atoms with van der Waals surface area (Å²) in [4.78, 5) is 1.39. The Balaban J connectivity index is 1.74. The minimum Gasteiger partial charge on any atom is -0.490 e. The van der Waals surface area contributed by atoms with Gasteiger partial charge in [-0.3, -0.25) is 0 Å². The van der Waals surface area contributed by atoms with Gasteiger partial charge in [0.25, 0.3) is 0 Å². The van der Waals surface area contributed by atoms with E-state index in [-0.39, 0.29) is 0 Å². The smallest absolute Gasteiger partial charge is 0.147 e. The molecule has 0 amide bonds. The van der Waals surface area contributed by atoms with Crippen molar-refractivity contribution in [1.29, 1.82) is 0 Å². The molecule has 0 radical (unpaired) electrons. The summed E-state index contributed by atoms with van der Waals surface area (Å²) in [5.74, 6) is 0.858. The largest absolute Gasteiger partial charge is 0.490 e. The summed E-state index contributed by atoms with van der Waals surface area (Å²) in [7, 11) is 0. The fourth-order valence-corrected chi connectivity index (χ4v) is 3.74. The van der Waals surface area contributed by atoms with Gasteiger partial charge in [0.05, 0.1) is 8.95 Å². The van der Waals surface area contributed by atoms with Gasteiger partial charge < -0.3 is 10.1 Å². The highest BCUT2D eigenvalue weighted by molar-refractivity contribution is 9.11. The first-order chi connectivity index (χ1) is 9.18. The molecule has 0 spiro atoms. The van der Waals surface area contributed by atoms with Crippen LogP contribution in [0, 0.1) is 6.92 Å². The molecule has 2 rings (SSSR count). The third kappa shape index (κ3) is 4.31. The lowest BCUT2D eigenvalue weighted by molar-refractivity contribution is 0.310. The van der Waals surface area contributed by atoms with Crippen LogP contribution in [0.15, 0.2) is 38.6 Å². The summed E-state index contributed by atoms with van der Waals surface area (Å²) in [5, 5.41) is 5.52. The first kappa shape index (κ1) is 15.0. The Labute approximate surface area is 134 Å². The molecule has 0 saturated carbocycles. The quantitative estimate of drug-likeness (QED) is 0.701. The Morgan fingerprint density at radius 1 is 1.21 bits per heavy atom. The van der Waals surface area contributed by atoms with Crippen molar-refractivity contribution in [3.63, 3.8) is 0 Å². The molecular formula is C14H15Br2NOS. The van der Waals surface area contributed by atoms with Crippen molar-refractivity contribution in [2.45, 2.75) is 13.5 Å². The summed E-state index contributed by atoms with van der Waals surface area (Å²) in [6, 6.07) is 8.07. The summed E-state index contributed by atoms with van der Waals surface area (Å²) >= 11 is 8.76. The monoisotopic (exact) mass is 403 g/mol. The van der Waals surface area contributed by atoms with Crippen LogP contribution >= 0.6 is 43.2 Å². The summed E-state index contributed by atoms with van der Waals surface area (Å²) in [5.41, 5.74) is 1.35. The van der Waals surface area contributed by atoms with E-state index in [2.05, 4.69) is 55.5 Å². The lowest BCUT2D eigenvalue weighted by Gasteiger charge is -2.10. The Kier molecular flexibility index (Phi) is 5.88. The van der Waals surface area contributed by atoms with Crippen LogP contribution in [0.25, 0.3) is 0 Å². The average Bonchev–Trinajstić information content (AvgIpc) is 2.78. The van der Waals surface area contributed by atoms with Crippen molar-refractivity contribution < 1.29 is 4.74 Å². The number of aryl methyl sites for hydroxylation is 1. The lowest BCUT2D eigenvalue weighted by Crippen LogP contribution is -2.20. The summed E-state index contributed by atoms with van der Waals surface area (Å²) in [6.07, 6.45) is 0. The Hall–Kier alpha value is -0.360. The molecule has 0 bridgehead atoms. The zero-order valence-electron chi connectivity index (χ0n) is 10.6. The van der Waals surface area contributed by atoms with Gasteiger partial charge in [0, 0.05) is 18.0 Å². The molecule has 1 N–H and O–H groups in total. The minimum atomic E-state index is 0.644. The van der Waals surface area contributed by atoms with Crippen LogP contribution in [-0.2, 0) is 6.54 Å². The van der Waals surface area contributed by atoms with E-state index in [1.807, 2.05) is 18.2 Å². The van der Waals surface area contributed by atoms with Crippen LogP contribution in [-0.4, -0.2) is 13.2 Å². The van der Waals surface area contributed by atoms with Crippen molar-refractivity contribution in [3.8, 4) is 5.75 Å². The number of ether oxygens (including phenoxy) is 1. The van der Waals surface area contributed by atoms with Crippen LogP contribution in [0.3, 0.4) is 0 Å². The van der Waals surface area contributed by atoms with Crippen LogP contribution < -0.4 is 10.1 Å². The Bertz CT molecular complexity index is 522. The molecule has 1 aromatic heterocycles. The predicted octanol–water partition coefficient (Wildman–Crippen LogP) is 4.75. The van der Waals surface area contributed by atoms with Crippen molar-refractivity contribution in [2.75, 3.05) is 13.2 Å². The van der Waals surface area contributed by atoms with Gasteiger partial charge in [-0.05, 0) is 67.9 Å². The highest BCUT2D eigenvalue weighted by Crippen LogP contribution is 2.32. The molecular weight excluding hydrogens is 390 g/mol. The van der Waals surface area contributed by atoms with E-state index < -0.39 is 0 Å². The number of para-hydroxylation sites is 1. The maximum atomic E-state index is 5.76. The summed E-state index contributed by atoms with van der Waals surface area (Å²) in [6.45, 7) is 4.52. The third-order valence-corrected chi connectivity index (χ3v) is 4.97. The third-order valence-electron chi connectivity index (χ3n) is 2.70. The number of halogens is 2. The molecule has 1 aromatic carbocycles. The molecule has 0 atom stereocenters. The standard InChI is InChI=1S/C14H15Br2NOS/c1-10-5-8-19-13(10)9-17-6-7-18-14-11(15)3-2-4-12(14)16/h2-5,8,17H,6-7,9H2,1H3. The zero-order valence-corrected chi connectivity index (χ0v) is 14.6. The van der Waals surface area contributed by atoms with Crippen LogP contribution in [0.4, 0.5) is 0 Å². The van der Waals surface area contributed by atoms with E-state index in [0.29, 0.717) is 6.61 Å². The maximum Gasteiger partial charge on any atom is 0.147 e. The van der Waals surface area contributed by atoms with Gasteiger partial charge in [0.15, 0.2) is 0 Å². The van der Waals surface area contributed by atoms with Crippen molar-refractivity contribution in [3.05, 3.63) is 49.0 Å². The summed E-state index contributed by atoms with van der Waals surface area (Å²) < 4.78 is 7.70. The van der Waals surface area contributed by atoms with Crippen molar-refractivity contribution in [2.24, 2.45) is 0 Å². The molecule has 19 heavy (non-hydrogen) atoms. The Morgan fingerprint density at radius 2 is 1.95 bits per heavy atom. The second-order valence-corrected chi connectivity index (χ2v) is 6.81. The molecule has 102 valence electrons. The second-order valence-electron chi connectivity index (χ2n) is 4.10. The van der Waals surface area contributed by atoms with Crippen molar-refractivity contribution >= 4 is 43.2 Å². The molecule has 5 heteroatoms. The van der Waals surface area contributed by atoms with Gasteiger partial charge in [-0.25, -0.2) is 0 Å². The van der Waals surface area contributed by atoms with E-state index in [1.54, 1.807) is 11.3 Å². The molecule has 0 fully saturated rings. The van der Waals surface area contributed by atoms with Gasteiger partial charge in [-0.1, -0.05) is 6.07 Å². The number of thiophene rings is 1. The fourth-order valence-electron chi connectivity index (χ4n) is 1.63. The molecule has 1 heterocycles. The van der Waals surface area contributed by atoms with Crippen LogP contribution in [0.2, 0.25) is 0 Å². The maximum absolute atomic E-state index is 5.76. The van der Waals surface area contributed by atoms with E-state index in [0.717, 1.165) is 27.8 Å². The van der Waals surface area contributed by atoms with Crippen LogP contribution in [0.5, 0.6) is 5.75 Å². The van der Waals surface area contributed by atoms with E-state index >= 15 is 0 Å². The highest BCUT2D eigenvalue weighted by atomic mass is 79.9. The van der Waals surface area contributed by atoms with Gasteiger partial charge in [-0.2, -0.15) is 0 Å². The number of hydrogen-bond acceptors (Lipinski definition) is 3. The minimum absolute atomic E-state index is 0.644. The molecule has 0 saturated heterocycles. The topological polar surface area (TPSA) is 21.3 Å². The molecule has 0 unspecified atom stereocenters. The number of hydrogen-bond donors (Lipinski definition) is 1. The lowest BCUT2D eigenvalue weighted by atomic mass is 10.3. The highest BCUT2D eigenvalue weighted by Gasteiger charge is 2.05. The number of rotatable bonds is 6. The second kappa shape index (κ2) is 7.43. The average molecular weight is 405 g/mol. The molecule has 2 nitrogen and oxygen atoms in total. The number of nitrogens with one attached hydrogen (secondary N) is 1. The number of benzene rings is 1. The molecule has 0 aliphatic heterocycles. The predicted molar refractivity (Wildman–Crippen MR) is 88.1 cm³/mol. The SMILES string of the molecule is Cc1ccsc1CNCCOc1c(Br)cccc1Br. The first-order valence-corrected chi connectivity index (χ1v) is 8.45. The zero-order chi connectivity index (χ0) is 13.7. The van der Waals surface area contributed by atoms with E-state index in [1.165, 1.54) is 10.4 Å². The molecule has 2 aromatic rings. The molecule has 0 aliphatic carbocycles. The van der Waals surface area contributed by atoms with Gasteiger partial charge >= 0.3 is 0 Å². The fraction of sp³-hybridized carbons (Fsp3) is 0.286. The van der Waals surface area contributed by atoms with Crippen molar-refractivity contribution in [1.82, 2.24) is 5.32 Å². The van der Waals surface area contributed by atoms with E-state index in [9.17, 15) is 0 Å². The van der Waals surface area contributed by atoms with Gasteiger partial charge in [-0.15, -0.1) is 11.3 Å². The molecule has 0 aliphatic rings. The van der Waals surface area contributed by atoms with Gasteiger partial charge in [0.2, 0.25) is 0 Å². The normalized spacial score (nSPS) is 10.7.